The third-order valence-corrected chi connectivity index (χ3v) is 7.58. The zero-order valence-electron chi connectivity index (χ0n) is 22.5. The second-order valence-electron chi connectivity index (χ2n) is 10.4. The summed E-state index contributed by atoms with van der Waals surface area (Å²) in [5.74, 6) is -1.84. The molecule has 10 heteroatoms. The number of carbonyl (C=O) groups excluding carboxylic acids is 2. The zero-order valence-corrected chi connectivity index (χ0v) is 23.2. The maximum Gasteiger partial charge on any atom is 0.405 e. The molecule has 1 aliphatic rings. The Labute approximate surface area is 229 Å². The molecule has 212 valence electrons. The molecule has 2 bridgehead atoms. The number of fused-ring (bicyclic) bond motifs is 2. The number of phenols is 1. The van der Waals surface area contributed by atoms with E-state index in [2.05, 4.69) is 5.32 Å². The number of hydrogen-bond acceptors (Lipinski definition) is 7. The average molecular weight is 553 g/mol. The number of aromatic hydroxyl groups is 1. The molecule has 1 aliphatic heterocycles. The first-order valence-electron chi connectivity index (χ1n) is 12.9. The number of phenolic OH excluding ortho intramolecular Hbond substituents is 1. The van der Waals surface area contributed by atoms with Gasteiger partial charge in [0.15, 0.2) is 0 Å². The van der Waals surface area contributed by atoms with E-state index in [0.29, 0.717) is 47.4 Å². The van der Waals surface area contributed by atoms with Crippen molar-refractivity contribution in [1.29, 1.82) is 0 Å². The summed E-state index contributed by atoms with van der Waals surface area (Å²) in [5, 5.41) is 44.6. The lowest BCUT2D eigenvalue weighted by atomic mass is 9.82. The molecule has 0 radical (unpaired) electrons. The summed E-state index contributed by atoms with van der Waals surface area (Å²) in [6, 6.07) is 2.93. The SMILES string of the molecule is C/C1=C\CC[C@H](CO)[C@@H](OC(N)=O)/C(C)=C/[C@H](C)[C@@H](O)[C@@H](CO)C[C@H](C)Cc2cc(O)cc(c2Cl)NC1=O. The van der Waals surface area contributed by atoms with Crippen LogP contribution in [-0.2, 0) is 16.0 Å². The Kier molecular flexibility index (Phi) is 12.1. The highest BCUT2D eigenvalue weighted by molar-refractivity contribution is 6.34. The highest BCUT2D eigenvalue weighted by Gasteiger charge is 2.29. The molecular weight excluding hydrogens is 512 g/mol. The van der Waals surface area contributed by atoms with Gasteiger partial charge in [-0.25, -0.2) is 4.79 Å². The van der Waals surface area contributed by atoms with Crippen LogP contribution in [-0.4, -0.2) is 57.8 Å². The molecule has 2 rings (SSSR count). The summed E-state index contributed by atoms with van der Waals surface area (Å²) >= 11 is 6.59. The van der Waals surface area contributed by atoms with Gasteiger partial charge in [-0.05, 0) is 62.7 Å². The Balaban J connectivity index is 2.52. The van der Waals surface area contributed by atoms with Gasteiger partial charge in [-0.1, -0.05) is 37.6 Å². The van der Waals surface area contributed by atoms with Gasteiger partial charge in [0, 0.05) is 42.6 Å². The number of amides is 2. The molecule has 1 heterocycles. The summed E-state index contributed by atoms with van der Waals surface area (Å²) in [7, 11) is 0. The van der Waals surface area contributed by atoms with Crippen molar-refractivity contribution in [3.8, 4) is 5.75 Å². The molecule has 0 fully saturated rings. The van der Waals surface area contributed by atoms with Crippen LogP contribution >= 0.6 is 11.6 Å². The van der Waals surface area contributed by atoms with Gasteiger partial charge < -0.3 is 36.2 Å². The average Bonchev–Trinajstić information content (AvgIpc) is 2.85. The number of anilines is 1. The van der Waals surface area contributed by atoms with Gasteiger partial charge in [-0.2, -0.15) is 0 Å². The molecule has 0 unspecified atom stereocenters. The monoisotopic (exact) mass is 552 g/mol. The van der Waals surface area contributed by atoms with E-state index in [0.717, 1.165) is 0 Å². The number of halogens is 1. The van der Waals surface area contributed by atoms with Crippen LogP contribution in [0.1, 0.15) is 52.5 Å². The van der Waals surface area contributed by atoms with Crippen LogP contribution in [0.15, 0.2) is 35.4 Å². The highest BCUT2D eigenvalue weighted by atomic mass is 35.5. The van der Waals surface area contributed by atoms with Crippen LogP contribution < -0.4 is 11.1 Å². The van der Waals surface area contributed by atoms with Gasteiger partial charge in [0.1, 0.15) is 11.9 Å². The van der Waals surface area contributed by atoms with E-state index in [1.165, 1.54) is 6.07 Å². The number of nitrogens with one attached hydrogen (secondary N) is 1. The van der Waals surface area contributed by atoms with Crippen molar-refractivity contribution in [2.45, 2.75) is 65.6 Å². The Morgan fingerprint density at radius 2 is 1.84 bits per heavy atom. The fourth-order valence-electron chi connectivity index (χ4n) is 5.09. The largest absolute Gasteiger partial charge is 0.508 e. The predicted octanol–water partition coefficient (Wildman–Crippen LogP) is 3.92. The number of hydrogen-bond donors (Lipinski definition) is 6. The van der Waals surface area contributed by atoms with E-state index < -0.39 is 42.0 Å². The van der Waals surface area contributed by atoms with Gasteiger partial charge in [0.05, 0.1) is 16.8 Å². The first-order valence-corrected chi connectivity index (χ1v) is 13.3. The molecular formula is C28H41ClN2O7. The molecule has 6 atom stereocenters. The summed E-state index contributed by atoms with van der Waals surface area (Å²) in [6.07, 6.45) is 2.47. The molecule has 0 saturated heterocycles. The second kappa shape index (κ2) is 14.5. The first kappa shape index (κ1) is 31.6. The van der Waals surface area contributed by atoms with Crippen molar-refractivity contribution >= 4 is 29.3 Å². The van der Waals surface area contributed by atoms with Crippen LogP contribution in [0.25, 0.3) is 0 Å². The summed E-state index contributed by atoms with van der Waals surface area (Å²) < 4.78 is 5.36. The Morgan fingerprint density at radius 1 is 1.18 bits per heavy atom. The number of primary amides is 1. The van der Waals surface area contributed by atoms with Crippen LogP contribution in [0.5, 0.6) is 5.75 Å². The molecule has 1 aromatic carbocycles. The number of allylic oxidation sites excluding steroid dienone is 1. The number of rotatable bonds is 3. The van der Waals surface area contributed by atoms with Crippen molar-refractivity contribution in [2.75, 3.05) is 18.5 Å². The molecule has 2 amide bonds. The molecule has 38 heavy (non-hydrogen) atoms. The fourth-order valence-corrected chi connectivity index (χ4v) is 5.33. The molecule has 1 aromatic rings. The number of ether oxygens (including phenoxy) is 1. The van der Waals surface area contributed by atoms with Gasteiger partial charge in [-0.3, -0.25) is 4.79 Å². The molecule has 0 saturated carbocycles. The van der Waals surface area contributed by atoms with Crippen molar-refractivity contribution < 1.29 is 34.8 Å². The normalized spacial score (nSPS) is 30.9. The molecule has 0 aromatic heterocycles. The van der Waals surface area contributed by atoms with E-state index in [1.54, 1.807) is 39.0 Å². The van der Waals surface area contributed by atoms with Crippen LogP contribution in [0.3, 0.4) is 0 Å². The van der Waals surface area contributed by atoms with Crippen molar-refractivity contribution in [1.82, 2.24) is 0 Å². The van der Waals surface area contributed by atoms with E-state index in [4.69, 9.17) is 22.1 Å². The van der Waals surface area contributed by atoms with Gasteiger partial charge in [-0.15, -0.1) is 0 Å². The minimum atomic E-state index is -0.983. The number of aliphatic hydroxyl groups excluding tert-OH is 3. The lowest BCUT2D eigenvalue weighted by Crippen LogP contribution is -2.34. The smallest absolute Gasteiger partial charge is 0.405 e. The quantitative estimate of drug-likeness (QED) is 0.309. The molecule has 0 spiro atoms. The Hall–Kier alpha value is -2.59. The molecule has 9 nitrogen and oxygen atoms in total. The van der Waals surface area contributed by atoms with E-state index in [9.17, 15) is 30.0 Å². The van der Waals surface area contributed by atoms with E-state index in [-0.39, 0.29) is 30.6 Å². The zero-order chi connectivity index (χ0) is 28.6. The number of benzene rings is 1. The van der Waals surface area contributed by atoms with Crippen molar-refractivity contribution in [3.05, 3.63) is 46.0 Å². The maximum atomic E-state index is 12.8. The number of carbonyl (C=O) groups is 2. The van der Waals surface area contributed by atoms with E-state index in [1.807, 2.05) is 6.92 Å². The van der Waals surface area contributed by atoms with Gasteiger partial charge in [0.25, 0.3) is 5.91 Å². The number of nitrogens with two attached hydrogens (primary N) is 1. The standard InChI is InChI=1S/C28H41ClN2O7/c1-15-8-20-11-22(34)12-23(24(20)29)31-27(36)16(2)6-5-7-19(13-32)26(38-28(30)37)18(4)10-17(3)25(35)21(9-15)14-33/h6,10-12,15,17,19,21,25-26,32-35H,5,7-9,13-14H2,1-4H3,(H2,30,37)(H,31,36)/b16-6+,18-10+/t15-,17+,19-,21-,25-,26+/m1/s1. The van der Waals surface area contributed by atoms with Crippen molar-refractivity contribution in [2.24, 2.45) is 29.4 Å². The first-order chi connectivity index (χ1) is 17.9. The minimum absolute atomic E-state index is 0.0321. The summed E-state index contributed by atoms with van der Waals surface area (Å²) in [5.41, 5.74) is 7.26. The van der Waals surface area contributed by atoms with Crippen LogP contribution in [0, 0.1) is 23.7 Å². The lowest BCUT2D eigenvalue weighted by Gasteiger charge is -2.30. The van der Waals surface area contributed by atoms with E-state index >= 15 is 0 Å². The highest BCUT2D eigenvalue weighted by Crippen LogP contribution is 2.34. The summed E-state index contributed by atoms with van der Waals surface area (Å²) in [6.45, 7) is 6.61. The Bertz CT molecular complexity index is 1040. The topological polar surface area (TPSA) is 162 Å². The van der Waals surface area contributed by atoms with Crippen LogP contribution in [0.4, 0.5) is 10.5 Å². The molecule has 7 N–H and O–H groups in total. The summed E-state index contributed by atoms with van der Waals surface area (Å²) in [4.78, 5) is 24.5. The maximum absolute atomic E-state index is 12.8. The minimum Gasteiger partial charge on any atom is -0.508 e. The third kappa shape index (κ3) is 8.73. The van der Waals surface area contributed by atoms with Gasteiger partial charge in [0.2, 0.25) is 0 Å². The molecule has 0 aliphatic carbocycles. The third-order valence-electron chi connectivity index (χ3n) is 7.14. The fraction of sp³-hybridized carbons (Fsp3) is 0.571. The second-order valence-corrected chi connectivity index (χ2v) is 10.8. The van der Waals surface area contributed by atoms with Gasteiger partial charge >= 0.3 is 6.09 Å². The Morgan fingerprint density at radius 3 is 2.45 bits per heavy atom. The van der Waals surface area contributed by atoms with Crippen molar-refractivity contribution in [3.63, 3.8) is 0 Å². The lowest BCUT2D eigenvalue weighted by molar-refractivity contribution is -0.112. The van der Waals surface area contributed by atoms with Crippen LogP contribution in [0.2, 0.25) is 5.02 Å². The number of aliphatic hydroxyl groups is 3. The predicted molar refractivity (Wildman–Crippen MR) is 147 cm³/mol.